The summed E-state index contributed by atoms with van der Waals surface area (Å²) in [5.74, 6) is -0.0396. The van der Waals surface area contributed by atoms with Crippen LogP contribution in [0.2, 0.25) is 0 Å². The molecule has 0 spiro atoms. The number of nitrogens with zero attached hydrogens (tertiary/aromatic N) is 2. The molecule has 0 saturated carbocycles. The van der Waals surface area contributed by atoms with E-state index in [0.29, 0.717) is 23.7 Å². The van der Waals surface area contributed by atoms with Crippen molar-refractivity contribution in [3.05, 3.63) is 70.9 Å². The van der Waals surface area contributed by atoms with Gasteiger partial charge in [-0.3, -0.25) is 9.78 Å². The van der Waals surface area contributed by atoms with Gasteiger partial charge in [0.25, 0.3) is 5.91 Å². The fourth-order valence-electron chi connectivity index (χ4n) is 2.20. The first kappa shape index (κ1) is 15.5. The van der Waals surface area contributed by atoms with E-state index in [4.69, 9.17) is 4.74 Å². The van der Waals surface area contributed by atoms with Gasteiger partial charge in [0.2, 0.25) is 5.82 Å². The fourth-order valence-corrected chi connectivity index (χ4v) is 2.20. The minimum Gasteiger partial charge on any atom is -0.492 e. The molecule has 0 saturated heterocycles. The molecular formula is C17H16N4O3. The molecule has 24 heavy (non-hydrogen) atoms. The number of H-pyrrole nitrogens is 1. The lowest BCUT2D eigenvalue weighted by Gasteiger charge is -2.09. The predicted octanol–water partition coefficient (Wildman–Crippen LogP) is 2.21. The summed E-state index contributed by atoms with van der Waals surface area (Å²) in [7, 11) is 0. The number of hydrogen-bond acceptors (Lipinski definition) is 4. The lowest BCUT2D eigenvalue weighted by Crippen LogP contribution is -2.16. The molecular weight excluding hydrogens is 308 g/mol. The Hall–Kier alpha value is -3.35. The van der Waals surface area contributed by atoms with Crippen LogP contribution in [0.1, 0.15) is 17.5 Å². The van der Waals surface area contributed by atoms with Crippen molar-refractivity contribution in [1.29, 1.82) is 0 Å². The average Bonchev–Trinajstić information content (AvgIpc) is 3.00. The van der Waals surface area contributed by atoms with Gasteiger partial charge in [-0.25, -0.2) is 4.79 Å². The second-order valence-electron chi connectivity index (χ2n) is 4.91. The van der Waals surface area contributed by atoms with Crippen LogP contribution in [0.15, 0.2) is 59.4 Å². The maximum atomic E-state index is 12.4. The van der Waals surface area contributed by atoms with Crippen molar-refractivity contribution in [2.24, 2.45) is 0 Å². The Morgan fingerprint density at radius 1 is 1.17 bits per heavy atom. The minimum absolute atomic E-state index is 0.0739. The summed E-state index contributed by atoms with van der Waals surface area (Å²) in [4.78, 5) is 26.8. The number of carbonyl (C=O) groups excluding carboxylic acids is 1. The summed E-state index contributed by atoms with van der Waals surface area (Å²) >= 11 is 0. The zero-order chi connectivity index (χ0) is 16.9. The molecule has 0 unspecified atom stereocenters. The number of amides is 1. The molecule has 3 rings (SSSR count). The minimum atomic E-state index is -0.520. The molecule has 0 radical (unpaired) electrons. The first-order chi connectivity index (χ1) is 11.7. The highest BCUT2D eigenvalue weighted by atomic mass is 16.5. The molecule has 0 aliphatic carbocycles. The Morgan fingerprint density at radius 3 is 2.62 bits per heavy atom. The van der Waals surface area contributed by atoms with Gasteiger partial charge in [0.1, 0.15) is 5.75 Å². The number of rotatable bonds is 5. The van der Waals surface area contributed by atoms with Crippen molar-refractivity contribution >= 4 is 11.6 Å². The van der Waals surface area contributed by atoms with Gasteiger partial charge in [-0.05, 0) is 31.2 Å². The van der Waals surface area contributed by atoms with Gasteiger partial charge in [0.05, 0.1) is 18.0 Å². The van der Waals surface area contributed by atoms with Crippen molar-refractivity contribution in [2.75, 3.05) is 11.9 Å². The highest BCUT2D eigenvalue weighted by Gasteiger charge is 2.16. The zero-order valence-corrected chi connectivity index (χ0v) is 13.0. The van der Waals surface area contributed by atoms with Crippen LogP contribution in [0.3, 0.4) is 0 Å². The monoisotopic (exact) mass is 324 g/mol. The van der Waals surface area contributed by atoms with Crippen LogP contribution < -0.4 is 15.7 Å². The molecule has 2 N–H and O–H groups in total. The van der Waals surface area contributed by atoms with Crippen LogP contribution in [0.25, 0.3) is 5.69 Å². The number of ether oxygens (including phenoxy) is 1. The first-order valence-corrected chi connectivity index (χ1v) is 7.47. The van der Waals surface area contributed by atoms with Crippen LogP contribution in [-0.2, 0) is 0 Å². The van der Waals surface area contributed by atoms with E-state index in [1.165, 1.54) is 0 Å². The van der Waals surface area contributed by atoms with E-state index < -0.39 is 11.6 Å². The van der Waals surface area contributed by atoms with Crippen LogP contribution in [-0.4, -0.2) is 27.3 Å². The van der Waals surface area contributed by atoms with Crippen LogP contribution in [0, 0.1) is 0 Å². The van der Waals surface area contributed by atoms with Gasteiger partial charge in [0, 0.05) is 0 Å². The first-order valence-electron chi connectivity index (χ1n) is 7.47. The van der Waals surface area contributed by atoms with E-state index in [9.17, 15) is 9.59 Å². The zero-order valence-electron chi connectivity index (χ0n) is 13.0. The molecule has 1 amide bonds. The summed E-state index contributed by atoms with van der Waals surface area (Å²) in [6.45, 7) is 2.34. The third-order valence-corrected chi connectivity index (χ3v) is 3.27. The van der Waals surface area contributed by atoms with E-state index in [-0.39, 0.29) is 5.82 Å². The normalized spacial score (nSPS) is 10.4. The van der Waals surface area contributed by atoms with Gasteiger partial charge in [0.15, 0.2) is 0 Å². The van der Waals surface area contributed by atoms with Crippen molar-refractivity contribution in [1.82, 2.24) is 14.8 Å². The predicted molar refractivity (Wildman–Crippen MR) is 89.7 cm³/mol. The number of carbonyl (C=O) groups is 1. The molecule has 7 nitrogen and oxygen atoms in total. The summed E-state index contributed by atoms with van der Waals surface area (Å²) in [5.41, 5.74) is 0.608. The number of para-hydroxylation sites is 3. The Morgan fingerprint density at radius 2 is 1.88 bits per heavy atom. The summed E-state index contributed by atoms with van der Waals surface area (Å²) in [5, 5.41) is 6.74. The number of aromatic nitrogens is 3. The lowest BCUT2D eigenvalue weighted by molar-refractivity contribution is 0.101. The Bertz CT molecular complexity index is 899. The molecule has 0 aliphatic heterocycles. The van der Waals surface area contributed by atoms with Crippen LogP contribution in [0.4, 0.5) is 5.69 Å². The van der Waals surface area contributed by atoms with Crippen molar-refractivity contribution in [3.8, 4) is 11.4 Å². The fraction of sp³-hybridized carbons (Fsp3) is 0.118. The molecule has 7 heteroatoms. The molecule has 1 heterocycles. The van der Waals surface area contributed by atoms with Crippen LogP contribution >= 0.6 is 0 Å². The van der Waals surface area contributed by atoms with E-state index in [2.05, 4.69) is 15.4 Å². The number of benzene rings is 2. The smallest absolute Gasteiger partial charge is 0.348 e. The maximum Gasteiger partial charge on any atom is 0.348 e. The Labute approximate surface area is 137 Å². The van der Waals surface area contributed by atoms with Crippen LogP contribution in [0.5, 0.6) is 5.75 Å². The molecule has 122 valence electrons. The number of nitrogens with one attached hydrogen (secondary N) is 2. The Balaban J connectivity index is 1.86. The van der Waals surface area contributed by atoms with Gasteiger partial charge in [-0.15, -0.1) is 5.10 Å². The number of anilines is 1. The number of aromatic amines is 1. The second-order valence-corrected chi connectivity index (χ2v) is 4.91. The average molecular weight is 324 g/mol. The third-order valence-electron chi connectivity index (χ3n) is 3.27. The summed E-state index contributed by atoms with van der Waals surface area (Å²) in [6, 6.07) is 15.9. The van der Waals surface area contributed by atoms with Crippen molar-refractivity contribution in [2.45, 2.75) is 6.92 Å². The SMILES string of the molecule is CCOc1ccccc1NC(=O)c1nn(-c2ccccc2)c(=O)[nH]1. The quantitative estimate of drug-likeness (QED) is 0.753. The molecule has 0 bridgehead atoms. The molecule has 0 fully saturated rings. The molecule has 0 aliphatic rings. The highest BCUT2D eigenvalue weighted by molar-refractivity contribution is 6.02. The largest absolute Gasteiger partial charge is 0.492 e. The molecule has 1 aromatic heterocycles. The summed E-state index contributed by atoms with van der Waals surface area (Å²) < 4.78 is 6.60. The van der Waals surface area contributed by atoms with Gasteiger partial charge in [-0.2, -0.15) is 4.68 Å². The molecule has 2 aromatic carbocycles. The maximum absolute atomic E-state index is 12.4. The number of hydrogen-bond donors (Lipinski definition) is 2. The standard InChI is InChI=1S/C17H16N4O3/c1-2-24-14-11-7-6-10-13(14)18-16(22)15-19-17(23)21(20-15)12-8-4-3-5-9-12/h3-11H,2H2,1H3,(H,18,22)(H,19,20,23). The van der Waals surface area contributed by atoms with Crippen molar-refractivity contribution < 1.29 is 9.53 Å². The molecule has 3 aromatic rings. The van der Waals surface area contributed by atoms with Gasteiger partial charge in [-0.1, -0.05) is 30.3 Å². The topological polar surface area (TPSA) is 89.0 Å². The van der Waals surface area contributed by atoms with E-state index in [0.717, 1.165) is 4.68 Å². The van der Waals surface area contributed by atoms with E-state index >= 15 is 0 Å². The van der Waals surface area contributed by atoms with Gasteiger partial charge >= 0.3 is 5.69 Å². The Kier molecular flexibility index (Phi) is 4.42. The summed E-state index contributed by atoms with van der Waals surface area (Å²) in [6.07, 6.45) is 0. The van der Waals surface area contributed by atoms with Crippen molar-refractivity contribution in [3.63, 3.8) is 0 Å². The van der Waals surface area contributed by atoms with E-state index in [1.54, 1.807) is 42.5 Å². The second kappa shape index (κ2) is 6.82. The third kappa shape index (κ3) is 3.19. The molecule has 0 atom stereocenters. The van der Waals surface area contributed by atoms with Gasteiger partial charge < -0.3 is 10.1 Å². The lowest BCUT2D eigenvalue weighted by atomic mass is 10.3. The van der Waals surface area contributed by atoms with E-state index in [1.807, 2.05) is 19.1 Å². The highest BCUT2D eigenvalue weighted by Crippen LogP contribution is 2.23.